The van der Waals surface area contributed by atoms with Gasteiger partial charge in [0.1, 0.15) is 0 Å². The molecule has 4 nitrogen and oxygen atoms in total. The van der Waals surface area contributed by atoms with Gasteiger partial charge in [0, 0.05) is 45.0 Å². The first kappa shape index (κ1) is 14.9. The number of carbonyl (C=O) groups excluding carboxylic acids is 1. The Balaban J connectivity index is 2.08. The highest BCUT2D eigenvalue weighted by molar-refractivity contribution is 5.95. The molecule has 1 aliphatic rings. The lowest BCUT2D eigenvalue weighted by Crippen LogP contribution is -2.40. The number of rotatable bonds is 4. The lowest BCUT2D eigenvalue weighted by atomic mass is 9.94. The molecule has 0 bridgehead atoms. The predicted molar refractivity (Wildman–Crippen MR) is 81.1 cm³/mol. The standard InChI is InChI=1S/C16H24N2O2/c1-17(2)15-7-3-6-14(11-15)16(20)18-9-4-5-13(12-18)8-10-19/h3,6-7,11,13,19H,4-5,8-10,12H2,1-2H3. The maximum absolute atomic E-state index is 12.6. The first-order valence-electron chi connectivity index (χ1n) is 7.29. The molecule has 4 heteroatoms. The molecule has 1 aromatic rings. The molecule has 0 radical (unpaired) electrons. The fourth-order valence-electron chi connectivity index (χ4n) is 2.77. The van der Waals surface area contributed by atoms with Gasteiger partial charge < -0.3 is 14.9 Å². The zero-order valence-electron chi connectivity index (χ0n) is 12.4. The Bertz CT molecular complexity index is 458. The number of likely N-dealkylation sites (tertiary alicyclic amines) is 1. The van der Waals surface area contributed by atoms with Crippen LogP contribution in [0.15, 0.2) is 24.3 Å². The molecule has 1 aromatic carbocycles. The second kappa shape index (κ2) is 6.75. The smallest absolute Gasteiger partial charge is 0.253 e. The highest BCUT2D eigenvalue weighted by Crippen LogP contribution is 2.22. The molecule has 20 heavy (non-hydrogen) atoms. The largest absolute Gasteiger partial charge is 0.396 e. The number of aliphatic hydroxyl groups is 1. The highest BCUT2D eigenvalue weighted by Gasteiger charge is 2.24. The summed E-state index contributed by atoms with van der Waals surface area (Å²) in [4.78, 5) is 16.5. The van der Waals surface area contributed by atoms with Crippen molar-refractivity contribution in [3.8, 4) is 0 Å². The average Bonchev–Trinajstić information content (AvgIpc) is 2.47. The number of piperidine rings is 1. The van der Waals surface area contributed by atoms with E-state index in [9.17, 15) is 4.79 Å². The van der Waals surface area contributed by atoms with Crippen LogP contribution in [0.2, 0.25) is 0 Å². The first-order valence-corrected chi connectivity index (χ1v) is 7.29. The van der Waals surface area contributed by atoms with Gasteiger partial charge in [-0.15, -0.1) is 0 Å². The van der Waals surface area contributed by atoms with Crippen LogP contribution in [0.1, 0.15) is 29.6 Å². The molecule has 1 heterocycles. The van der Waals surface area contributed by atoms with Gasteiger partial charge in [-0.05, 0) is 43.4 Å². The summed E-state index contributed by atoms with van der Waals surface area (Å²) >= 11 is 0. The predicted octanol–water partition coefficient (Wildman–Crippen LogP) is 1.99. The normalized spacial score (nSPS) is 18.9. The van der Waals surface area contributed by atoms with E-state index in [-0.39, 0.29) is 12.5 Å². The van der Waals surface area contributed by atoms with Crippen LogP contribution in [-0.4, -0.2) is 49.7 Å². The van der Waals surface area contributed by atoms with E-state index in [1.807, 2.05) is 48.2 Å². The maximum atomic E-state index is 12.6. The minimum absolute atomic E-state index is 0.108. The van der Waals surface area contributed by atoms with Gasteiger partial charge >= 0.3 is 0 Å². The van der Waals surface area contributed by atoms with E-state index in [1.54, 1.807) is 0 Å². The van der Waals surface area contributed by atoms with Crippen molar-refractivity contribution in [2.45, 2.75) is 19.3 Å². The zero-order chi connectivity index (χ0) is 14.5. The fourth-order valence-corrected chi connectivity index (χ4v) is 2.77. The van der Waals surface area contributed by atoms with E-state index in [0.717, 1.165) is 43.6 Å². The molecular weight excluding hydrogens is 252 g/mol. The summed E-state index contributed by atoms with van der Waals surface area (Å²) in [6.45, 7) is 1.81. The van der Waals surface area contributed by atoms with E-state index < -0.39 is 0 Å². The Morgan fingerprint density at radius 1 is 1.45 bits per heavy atom. The van der Waals surface area contributed by atoms with Gasteiger partial charge in [-0.1, -0.05) is 6.07 Å². The lowest BCUT2D eigenvalue weighted by molar-refractivity contribution is 0.0653. The number of nitrogens with zero attached hydrogens (tertiary/aromatic N) is 2. The molecule has 0 spiro atoms. The fraction of sp³-hybridized carbons (Fsp3) is 0.562. The summed E-state index contributed by atoms with van der Waals surface area (Å²) in [5.74, 6) is 0.547. The average molecular weight is 276 g/mol. The molecule has 110 valence electrons. The third-order valence-corrected chi connectivity index (χ3v) is 3.95. The number of hydrogen-bond acceptors (Lipinski definition) is 3. The van der Waals surface area contributed by atoms with Crippen molar-refractivity contribution in [2.75, 3.05) is 38.7 Å². The van der Waals surface area contributed by atoms with Crippen molar-refractivity contribution in [1.29, 1.82) is 0 Å². The van der Waals surface area contributed by atoms with Crippen LogP contribution in [-0.2, 0) is 0 Å². The zero-order valence-corrected chi connectivity index (χ0v) is 12.4. The van der Waals surface area contributed by atoms with Gasteiger partial charge in [-0.25, -0.2) is 0 Å². The van der Waals surface area contributed by atoms with E-state index >= 15 is 0 Å². The van der Waals surface area contributed by atoms with E-state index in [0.29, 0.717) is 5.92 Å². The van der Waals surface area contributed by atoms with E-state index in [1.165, 1.54) is 0 Å². The topological polar surface area (TPSA) is 43.8 Å². The minimum atomic E-state index is 0.108. The summed E-state index contributed by atoms with van der Waals surface area (Å²) in [6.07, 6.45) is 2.94. The van der Waals surface area contributed by atoms with Crippen molar-refractivity contribution < 1.29 is 9.90 Å². The van der Waals surface area contributed by atoms with Crippen LogP contribution < -0.4 is 4.90 Å². The van der Waals surface area contributed by atoms with Crippen LogP contribution in [0.5, 0.6) is 0 Å². The van der Waals surface area contributed by atoms with Gasteiger partial charge in [-0.3, -0.25) is 4.79 Å². The molecule has 1 atom stereocenters. The van der Waals surface area contributed by atoms with Gasteiger partial charge in [0.2, 0.25) is 0 Å². The summed E-state index contributed by atoms with van der Waals surface area (Å²) in [5.41, 5.74) is 1.79. The molecule has 1 N–H and O–H groups in total. The minimum Gasteiger partial charge on any atom is -0.396 e. The molecule has 1 amide bonds. The van der Waals surface area contributed by atoms with Gasteiger partial charge in [0.25, 0.3) is 5.91 Å². The molecule has 0 aromatic heterocycles. The summed E-state index contributed by atoms with van der Waals surface area (Å²) < 4.78 is 0. The van der Waals surface area contributed by atoms with Gasteiger partial charge in [-0.2, -0.15) is 0 Å². The van der Waals surface area contributed by atoms with Gasteiger partial charge in [0.15, 0.2) is 0 Å². The van der Waals surface area contributed by atoms with Crippen LogP contribution in [0, 0.1) is 5.92 Å². The Hall–Kier alpha value is -1.55. The lowest BCUT2D eigenvalue weighted by Gasteiger charge is -2.32. The Kier molecular flexibility index (Phi) is 5.01. The first-order chi connectivity index (χ1) is 9.61. The number of carbonyl (C=O) groups is 1. The van der Waals surface area contributed by atoms with E-state index in [2.05, 4.69) is 0 Å². The summed E-state index contributed by atoms with van der Waals surface area (Å²) in [7, 11) is 3.95. The molecule has 0 aliphatic carbocycles. The molecule has 1 fully saturated rings. The molecule has 2 rings (SSSR count). The van der Waals surface area contributed by atoms with E-state index in [4.69, 9.17) is 5.11 Å². The molecule has 1 aliphatic heterocycles. The van der Waals surface area contributed by atoms with Crippen LogP contribution in [0.4, 0.5) is 5.69 Å². The third kappa shape index (κ3) is 3.51. The number of anilines is 1. The van der Waals surface area contributed by atoms with Crippen LogP contribution >= 0.6 is 0 Å². The summed E-state index contributed by atoms with van der Waals surface area (Å²) in [5, 5.41) is 9.05. The SMILES string of the molecule is CN(C)c1cccc(C(=O)N2CCCC(CCO)C2)c1. The van der Waals surface area contributed by atoms with Crippen molar-refractivity contribution in [3.05, 3.63) is 29.8 Å². The third-order valence-electron chi connectivity index (χ3n) is 3.95. The van der Waals surface area contributed by atoms with Crippen molar-refractivity contribution >= 4 is 11.6 Å². The highest BCUT2D eigenvalue weighted by atomic mass is 16.3. The number of hydrogen-bond donors (Lipinski definition) is 1. The molecule has 0 saturated carbocycles. The Morgan fingerprint density at radius 3 is 2.95 bits per heavy atom. The number of aliphatic hydroxyl groups excluding tert-OH is 1. The number of benzene rings is 1. The molecule has 1 saturated heterocycles. The van der Waals surface area contributed by atoms with Crippen molar-refractivity contribution in [1.82, 2.24) is 4.90 Å². The monoisotopic (exact) mass is 276 g/mol. The van der Waals surface area contributed by atoms with Crippen molar-refractivity contribution in [2.24, 2.45) is 5.92 Å². The number of amides is 1. The second-order valence-corrected chi connectivity index (χ2v) is 5.72. The summed E-state index contributed by atoms with van der Waals surface area (Å²) in [6, 6.07) is 7.75. The van der Waals surface area contributed by atoms with Crippen LogP contribution in [0.25, 0.3) is 0 Å². The molecule has 1 unspecified atom stereocenters. The molecular formula is C16H24N2O2. The Morgan fingerprint density at radius 2 is 2.25 bits per heavy atom. The second-order valence-electron chi connectivity index (χ2n) is 5.72. The van der Waals surface area contributed by atoms with Crippen molar-refractivity contribution in [3.63, 3.8) is 0 Å². The quantitative estimate of drug-likeness (QED) is 0.914. The maximum Gasteiger partial charge on any atom is 0.253 e. The van der Waals surface area contributed by atoms with Crippen LogP contribution in [0.3, 0.4) is 0 Å². The Labute approximate surface area is 121 Å². The van der Waals surface area contributed by atoms with Gasteiger partial charge in [0.05, 0.1) is 0 Å².